The number of nitrogens with zero attached hydrogens (tertiary/aromatic N) is 4. The summed E-state index contributed by atoms with van der Waals surface area (Å²) in [5.74, 6) is 1.33. The van der Waals surface area contributed by atoms with Gasteiger partial charge in [-0.2, -0.15) is 0 Å². The molecule has 0 aromatic heterocycles. The van der Waals surface area contributed by atoms with Gasteiger partial charge in [0.25, 0.3) is 0 Å². The summed E-state index contributed by atoms with van der Waals surface area (Å²) in [5.41, 5.74) is 0. The molecular formula is C23H35N5OS. The summed E-state index contributed by atoms with van der Waals surface area (Å²) < 4.78 is 0.270. The molecule has 30 heavy (non-hydrogen) atoms. The topological polar surface area (TPSA) is 51.2 Å². The van der Waals surface area contributed by atoms with Crippen LogP contribution < -0.4 is 5.32 Å². The fourth-order valence-electron chi connectivity index (χ4n) is 4.19. The third-order valence-corrected chi connectivity index (χ3v) is 7.70. The minimum atomic E-state index is 0.270. The summed E-state index contributed by atoms with van der Waals surface area (Å²) in [7, 11) is 0. The number of amides is 1. The van der Waals surface area contributed by atoms with Gasteiger partial charge in [0.05, 0.1) is 13.1 Å². The van der Waals surface area contributed by atoms with E-state index in [1.165, 1.54) is 17.7 Å². The van der Waals surface area contributed by atoms with E-state index >= 15 is 0 Å². The molecule has 2 saturated heterocycles. The second kappa shape index (κ2) is 10.1. The van der Waals surface area contributed by atoms with Crippen molar-refractivity contribution < 1.29 is 4.79 Å². The van der Waals surface area contributed by atoms with Gasteiger partial charge in [0.2, 0.25) is 5.91 Å². The first-order valence-corrected chi connectivity index (χ1v) is 12.3. The predicted octanol–water partition coefficient (Wildman–Crippen LogP) is 2.52. The van der Waals surface area contributed by atoms with Crippen molar-refractivity contribution in [3.8, 4) is 0 Å². The second-order valence-electron chi connectivity index (χ2n) is 8.62. The first-order valence-electron chi connectivity index (χ1n) is 11.4. The summed E-state index contributed by atoms with van der Waals surface area (Å²) in [6.07, 6.45) is 4.79. The Labute approximate surface area is 185 Å². The zero-order valence-electron chi connectivity index (χ0n) is 18.2. The highest BCUT2D eigenvalue weighted by atomic mass is 32.2. The Bertz CT molecular complexity index is 722. The number of nitrogens with one attached hydrogen (secondary N) is 1. The molecule has 0 unspecified atom stereocenters. The SMILES string of the molecule is CCNC(=NCC1(Sc2ccccc2)CC1)N1CCN(CC(=O)N2CCCC2)CC1. The normalized spacial score (nSPS) is 21.7. The van der Waals surface area contributed by atoms with Crippen LogP contribution in [-0.2, 0) is 4.79 Å². The third kappa shape index (κ3) is 5.70. The van der Waals surface area contributed by atoms with E-state index in [1.807, 2.05) is 16.7 Å². The quantitative estimate of drug-likeness (QED) is 0.533. The molecule has 1 N–H and O–H groups in total. The summed E-state index contributed by atoms with van der Waals surface area (Å²) in [6, 6.07) is 10.7. The van der Waals surface area contributed by atoms with Crippen LogP contribution in [0, 0.1) is 0 Å². The van der Waals surface area contributed by atoms with Crippen LogP contribution in [0.4, 0.5) is 0 Å². The van der Waals surface area contributed by atoms with Crippen molar-refractivity contribution in [3.05, 3.63) is 30.3 Å². The lowest BCUT2D eigenvalue weighted by Gasteiger charge is -2.36. The Morgan fingerprint density at radius 1 is 1.03 bits per heavy atom. The number of carbonyl (C=O) groups is 1. The average Bonchev–Trinajstić information content (AvgIpc) is 3.30. The van der Waals surface area contributed by atoms with Gasteiger partial charge in [-0.15, -0.1) is 11.8 Å². The summed E-state index contributed by atoms with van der Waals surface area (Å²) in [4.78, 5) is 25.5. The van der Waals surface area contributed by atoms with E-state index in [0.29, 0.717) is 12.5 Å². The van der Waals surface area contributed by atoms with Gasteiger partial charge in [-0.1, -0.05) is 18.2 Å². The highest BCUT2D eigenvalue weighted by Crippen LogP contribution is 2.51. The molecule has 0 spiro atoms. The second-order valence-corrected chi connectivity index (χ2v) is 10.2. The minimum Gasteiger partial charge on any atom is -0.357 e. The Morgan fingerprint density at radius 2 is 1.73 bits per heavy atom. The van der Waals surface area contributed by atoms with E-state index in [2.05, 4.69) is 52.4 Å². The number of piperazine rings is 1. The van der Waals surface area contributed by atoms with Crippen molar-refractivity contribution >= 4 is 23.6 Å². The Kier molecular flexibility index (Phi) is 7.20. The fourth-order valence-corrected chi connectivity index (χ4v) is 5.42. The van der Waals surface area contributed by atoms with Crippen molar-refractivity contribution in [1.82, 2.24) is 20.0 Å². The van der Waals surface area contributed by atoms with Crippen LogP contribution in [-0.4, -0.2) is 90.2 Å². The molecule has 164 valence electrons. The highest BCUT2D eigenvalue weighted by Gasteiger charge is 2.43. The maximum Gasteiger partial charge on any atom is 0.236 e. The number of carbonyl (C=O) groups excluding carboxylic acids is 1. The zero-order chi connectivity index (χ0) is 20.8. The molecule has 3 aliphatic rings. The van der Waals surface area contributed by atoms with Crippen LogP contribution in [0.1, 0.15) is 32.6 Å². The van der Waals surface area contributed by atoms with E-state index in [1.54, 1.807) is 0 Å². The Balaban J connectivity index is 1.28. The van der Waals surface area contributed by atoms with Gasteiger partial charge < -0.3 is 15.1 Å². The Hall–Kier alpha value is -1.73. The average molecular weight is 430 g/mol. The van der Waals surface area contributed by atoms with Gasteiger partial charge in [0, 0.05) is 55.5 Å². The molecule has 0 atom stereocenters. The van der Waals surface area contributed by atoms with Crippen LogP contribution in [0.25, 0.3) is 0 Å². The van der Waals surface area contributed by atoms with Gasteiger partial charge in [-0.25, -0.2) is 0 Å². The molecule has 1 saturated carbocycles. The first-order chi connectivity index (χ1) is 14.7. The van der Waals surface area contributed by atoms with Crippen LogP contribution >= 0.6 is 11.8 Å². The number of thioether (sulfide) groups is 1. The van der Waals surface area contributed by atoms with Gasteiger partial charge in [0.1, 0.15) is 0 Å². The predicted molar refractivity (Wildman–Crippen MR) is 124 cm³/mol. The van der Waals surface area contributed by atoms with Gasteiger partial charge in [-0.05, 0) is 44.7 Å². The van der Waals surface area contributed by atoms with Crippen LogP contribution in [0.15, 0.2) is 40.2 Å². The molecule has 1 aromatic carbocycles. The van der Waals surface area contributed by atoms with Crippen LogP contribution in [0.5, 0.6) is 0 Å². The van der Waals surface area contributed by atoms with Crippen molar-refractivity contribution in [2.24, 2.45) is 4.99 Å². The maximum atomic E-state index is 12.4. The molecule has 2 heterocycles. The number of guanidine groups is 1. The maximum absolute atomic E-state index is 12.4. The number of rotatable bonds is 7. The van der Waals surface area contributed by atoms with Crippen molar-refractivity contribution in [2.45, 2.75) is 42.2 Å². The van der Waals surface area contributed by atoms with E-state index in [-0.39, 0.29) is 4.75 Å². The molecule has 2 aliphatic heterocycles. The van der Waals surface area contributed by atoms with E-state index in [9.17, 15) is 4.79 Å². The van der Waals surface area contributed by atoms with Crippen molar-refractivity contribution in [2.75, 3.05) is 58.9 Å². The van der Waals surface area contributed by atoms with Gasteiger partial charge in [-0.3, -0.25) is 14.7 Å². The number of benzene rings is 1. The first kappa shape index (κ1) is 21.5. The number of aliphatic imine (C=N–C) groups is 1. The smallest absolute Gasteiger partial charge is 0.236 e. The van der Waals surface area contributed by atoms with Gasteiger partial charge >= 0.3 is 0 Å². The molecule has 6 nitrogen and oxygen atoms in total. The van der Waals surface area contributed by atoms with Crippen molar-refractivity contribution in [1.29, 1.82) is 0 Å². The van der Waals surface area contributed by atoms with Crippen LogP contribution in [0.2, 0.25) is 0 Å². The van der Waals surface area contributed by atoms with Crippen LogP contribution in [0.3, 0.4) is 0 Å². The summed E-state index contributed by atoms with van der Waals surface area (Å²) in [5, 5.41) is 3.49. The number of hydrogen-bond donors (Lipinski definition) is 1. The monoisotopic (exact) mass is 429 g/mol. The molecule has 4 rings (SSSR count). The lowest BCUT2D eigenvalue weighted by Crippen LogP contribution is -2.54. The van der Waals surface area contributed by atoms with Gasteiger partial charge in [0.15, 0.2) is 5.96 Å². The summed E-state index contributed by atoms with van der Waals surface area (Å²) in [6.45, 7) is 10.0. The molecule has 0 radical (unpaired) electrons. The zero-order valence-corrected chi connectivity index (χ0v) is 19.0. The molecule has 3 fully saturated rings. The van der Waals surface area contributed by atoms with Crippen molar-refractivity contribution in [3.63, 3.8) is 0 Å². The summed E-state index contributed by atoms with van der Waals surface area (Å²) >= 11 is 1.98. The largest absolute Gasteiger partial charge is 0.357 e. The van der Waals surface area contributed by atoms with E-state index < -0.39 is 0 Å². The molecule has 1 aromatic rings. The molecule has 0 bridgehead atoms. The lowest BCUT2D eigenvalue weighted by molar-refractivity contribution is -0.131. The Morgan fingerprint density at radius 3 is 2.37 bits per heavy atom. The van der Waals surface area contributed by atoms with E-state index in [4.69, 9.17) is 4.99 Å². The highest BCUT2D eigenvalue weighted by molar-refractivity contribution is 8.01. The lowest BCUT2D eigenvalue weighted by atomic mass is 10.3. The minimum absolute atomic E-state index is 0.270. The molecular weight excluding hydrogens is 394 g/mol. The number of likely N-dealkylation sites (tertiary alicyclic amines) is 1. The molecule has 7 heteroatoms. The standard InChI is InChI=1S/C23H35N5OS/c1-2-24-22(25-19-23(10-11-23)30-20-8-4-3-5-9-20)28-16-14-26(15-17-28)18-21(29)27-12-6-7-13-27/h3-5,8-9H,2,6-7,10-19H2,1H3,(H,24,25). The third-order valence-electron chi connectivity index (χ3n) is 6.23. The van der Waals surface area contributed by atoms with E-state index in [0.717, 1.165) is 71.2 Å². The molecule has 1 amide bonds. The fraction of sp³-hybridized carbons (Fsp3) is 0.652. The molecule has 1 aliphatic carbocycles. The number of hydrogen-bond acceptors (Lipinski definition) is 4.